The van der Waals surface area contributed by atoms with Gasteiger partial charge in [0.1, 0.15) is 10.8 Å². The van der Waals surface area contributed by atoms with Crippen LogP contribution in [0.5, 0.6) is 5.75 Å². The van der Waals surface area contributed by atoms with E-state index >= 15 is 0 Å². The molecule has 7 nitrogen and oxygen atoms in total. The normalized spacial score (nSPS) is 11.1. The summed E-state index contributed by atoms with van der Waals surface area (Å²) < 4.78 is 5.28. The topological polar surface area (TPSA) is 93.8 Å². The van der Waals surface area contributed by atoms with Gasteiger partial charge in [0.15, 0.2) is 6.61 Å². The number of hydrogen-bond donors (Lipinski definition) is 1. The average Bonchev–Trinajstić information content (AvgIpc) is 2.59. The molecule has 2 aromatic rings. The Morgan fingerprint density at radius 1 is 1.24 bits per heavy atom. The van der Waals surface area contributed by atoms with Crippen LogP contribution in [0.15, 0.2) is 47.6 Å². The van der Waals surface area contributed by atoms with E-state index in [0.717, 1.165) is 0 Å². The number of carbonyl (C=O) groups is 1. The molecule has 0 saturated carbocycles. The highest BCUT2D eigenvalue weighted by Crippen LogP contribution is 2.25. The van der Waals surface area contributed by atoms with Crippen LogP contribution in [0.2, 0.25) is 10.0 Å². The van der Waals surface area contributed by atoms with E-state index in [1.807, 2.05) is 0 Å². The third-order valence-electron chi connectivity index (χ3n) is 3.10. The summed E-state index contributed by atoms with van der Waals surface area (Å²) in [4.78, 5) is 22.1. The lowest BCUT2D eigenvalue weighted by Crippen LogP contribution is -2.25. The van der Waals surface area contributed by atoms with Gasteiger partial charge in [-0.3, -0.25) is 14.9 Å². The summed E-state index contributed by atoms with van der Waals surface area (Å²) in [7, 11) is 0. The number of amides is 1. The third-order valence-corrected chi connectivity index (χ3v) is 3.74. The van der Waals surface area contributed by atoms with Gasteiger partial charge in [0, 0.05) is 11.6 Å². The Bertz CT molecular complexity index is 840. The molecule has 0 fully saturated rings. The Labute approximate surface area is 153 Å². The molecule has 0 heterocycles. The van der Waals surface area contributed by atoms with Crippen LogP contribution in [0.25, 0.3) is 0 Å². The molecule has 0 atom stereocenters. The zero-order valence-corrected chi connectivity index (χ0v) is 14.5. The minimum atomic E-state index is -0.588. The largest absolute Gasteiger partial charge is 0.482 e. The summed E-state index contributed by atoms with van der Waals surface area (Å²) in [5.41, 5.74) is 2.92. The van der Waals surface area contributed by atoms with Crippen molar-refractivity contribution in [2.24, 2.45) is 5.10 Å². The van der Waals surface area contributed by atoms with Gasteiger partial charge in [-0.2, -0.15) is 5.10 Å². The second-order valence-electron chi connectivity index (χ2n) is 4.87. The summed E-state index contributed by atoms with van der Waals surface area (Å²) in [6.07, 6.45) is 0. The van der Waals surface area contributed by atoms with Crippen LogP contribution in [0.3, 0.4) is 0 Å². The molecule has 130 valence electrons. The molecule has 0 aliphatic rings. The minimum absolute atomic E-state index is 0.0266. The quantitative estimate of drug-likeness (QED) is 0.467. The van der Waals surface area contributed by atoms with Crippen LogP contribution in [-0.4, -0.2) is 23.1 Å². The summed E-state index contributed by atoms with van der Waals surface area (Å²) in [6, 6.07) is 11.0. The molecule has 0 radical (unpaired) electrons. The number of halogens is 2. The van der Waals surface area contributed by atoms with Crippen molar-refractivity contribution >= 4 is 40.5 Å². The maximum Gasteiger partial charge on any atom is 0.288 e. The Morgan fingerprint density at radius 2 is 1.96 bits per heavy atom. The maximum atomic E-state index is 11.8. The fourth-order valence-corrected chi connectivity index (χ4v) is 2.20. The SMILES string of the molecule is C/C(=N\NC(=O)COc1ccccc1Cl)c1ccc(Cl)c([N+](=O)[O-])c1. The van der Waals surface area contributed by atoms with E-state index in [4.69, 9.17) is 27.9 Å². The monoisotopic (exact) mass is 381 g/mol. The fraction of sp³-hybridized carbons (Fsp3) is 0.125. The molecule has 9 heteroatoms. The van der Waals surface area contributed by atoms with Gasteiger partial charge in [-0.1, -0.05) is 41.4 Å². The first kappa shape index (κ1) is 18.7. The smallest absolute Gasteiger partial charge is 0.288 e. The zero-order chi connectivity index (χ0) is 18.4. The molecule has 25 heavy (non-hydrogen) atoms. The first-order valence-electron chi connectivity index (χ1n) is 7.03. The van der Waals surface area contributed by atoms with Gasteiger partial charge in [-0.05, 0) is 25.1 Å². The number of nitrogens with one attached hydrogen (secondary N) is 1. The van der Waals surface area contributed by atoms with Crippen molar-refractivity contribution in [3.63, 3.8) is 0 Å². The third kappa shape index (κ3) is 5.17. The highest BCUT2D eigenvalue weighted by molar-refractivity contribution is 6.32. The molecule has 1 N–H and O–H groups in total. The summed E-state index contributed by atoms with van der Waals surface area (Å²) >= 11 is 11.7. The van der Waals surface area contributed by atoms with E-state index in [1.165, 1.54) is 12.1 Å². The van der Waals surface area contributed by atoms with E-state index in [9.17, 15) is 14.9 Å². The first-order chi connectivity index (χ1) is 11.9. The predicted octanol–water partition coefficient (Wildman–Crippen LogP) is 3.82. The highest BCUT2D eigenvalue weighted by Gasteiger charge is 2.14. The van der Waals surface area contributed by atoms with Crippen LogP contribution in [0.1, 0.15) is 12.5 Å². The molecular formula is C16H13Cl2N3O4. The zero-order valence-electron chi connectivity index (χ0n) is 13.0. The minimum Gasteiger partial charge on any atom is -0.482 e. The maximum absolute atomic E-state index is 11.8. The molecule has 0 aliphatic carbocycles. The highest BCUT2D eigenvalue weighted by atomic mass is 35.5. The van der Waals surface area contributed by atoms with E-state index in [1.54, 1.807) is 37.3 Å². The van der Waals surface area contributed by atoms with E-state index in [2.05, 4.69) is 10.5 Å². The van der Waals surface area contributed by atoms with Gasteiger partial charge >= 0.3 is 0 Å². The molecule has 0 spiro atoms. The standard InChI is InChI=1S/C16H13Cl2N3O4/c1-10(11-6-7-12(17)14(8-11)21(23)24)19-20-16(22)9-25-15-5-3-2-4-13(15)18/h2-8H,9H2,1H3,(H,20,22)/b19-10+. The van der Waals surface area contributed by atoms with Crippen LogP contribution in [-0.2, 0) is 4.79 Å². The van der Waals surface area contributed by atoms with Gasteiger partial charge in [-0.15, -0.1) is 0 Å². The number of nitro groups is 1. The number of hydrogen-bond acceptors (Lipinski definition) is 5. The molecule has 2 rings (SSSR count). The lowest BCUT2D eigenvalue weighted by molar-refractivity contribution is -0.384. The van der Waals surface area contributed by atoms with Crippen molar-refractivity contribution in [1.29, 1.82) is 0 Å². The van der Waals surface area contributed by atoms with Crippen LogP contribution >= 0.6 is 23.2 Å². The number of ether oxygens (including phenoxy) is 1. The number of para-hydroxylation sites is 1. The molecule has 0 saturated heterocycles. The summed E-state index contributed by atoms with van der Waals surface area (Å²) in [5, 5.41) is 15.2. The number of benzene rings is 2. The Balaban J connectivity index is 1.99. The van der Waals surface area contributed by atoms with Crippen molar-refractivity contribution in [2.75, 3.05) is 6.61 Å². The summed E-state index contributed by atoms with van der Waals surface area (Å²) in [5.74, 6) is -0.115. The van der Waals surface area contributed by atoms with Gasteiger partial charge in [-0.25, -0.2) is 5.43 Å². The van der Waals surface area contributed by atoms with Gasteiger partial charge in [0.25, 0.3) is 11.6 Å². The van der Waals surface area contributed by atoms with E-state index in [-0.39, 0.29) is 17.3 Å². The Morgan fingerprint density at radius 3 is 2.64 bits per heavy atom. The van der Waals surface area contributed by atoms with Crippen molar-refractivity contribution < 1.29 is 14.5 Å². The van der Waals surface area contributed by atoms with Crippen molar-refractivity contribution in [1.82, 2.24) is 5.43 Å². The Hall–Kier alpha value is -2.64. The molecule has 0 aliphatic heterocycles. The number of hydrazone groups is 1. The van der Waals surface area contributed by atoms with Gasteiger partial charge < -0.3 is 4.74 Å². The molecule has 1 amide bonds. The number of rotatable bonds is 6. The van der Waals surface area contributed by atoms with Crippen molar-refractivity contribution in [2.45, 2.75) is 6.92 Å². The second kappa shape index (κ2) is 8.46. The molecule has 2 aromatic carbocycles. The van der Waals surface area contributed by atoms with Crippen molar-refractivity contribution in [3.8, 4) is 5.75 Å². The fourth-order valence-electron chi connectivity index (χ4n) is 1.83. The second-order valence-corrected chi connectivity index (χ2v) is 5.69. The average molecular weight is 382 g/mol. The van der Waals surface area contributed by atoms with Crippen LogP contribution in [0, 0.1) is 10.1 Å². The first-order valence-corrected chi connectivity index (χ1v) is 7.79. The predicted molar refractivity (Wildman–Crippen MR) is 95.4 cm³/mol. The van der Waals surface area contributed by atoms with E-state index in [0.29, 0.717) is 22.0 Å². The van der Waals surface area contributed by atoms with Crippen LogP contribution in [0.4, 0.5) is 5.69 Å². The number of nitro benzene ring substituents is 1. The Kier molecular flexibility index (Phi) is 6.32. The molecule has 0 aromatic heterocycles. The van der Waals surface area contributed by atoms with Gasteiger partial charge in [0.05, 0.1) is 15.7 Å². The number of carbonyl (C=O) groups excluding carboxylic acids is 1. The van der Waals surface area contributed by atoms with Crippen LogP contribution < -0.4 is 10.2 Å². The molecule has 0 unspecified atom stereocenters. The molecule has 0 bridgehead atoms. The van der Waals surface area contributed by atoms with E-state index < -0.39 is 10.8 Å². The lowest BCUT2D eigenvalue weighted by atomic mass is 10.1. The summed E-state index contributed by atoms with van der Waals surface area (Å²) in [6.45, 7) is 1.32. The lowest BCUT2D eigenvalue weighted by Gasteiger charge is -2.07. The van der Waals surface area contributed by atoms with Crippen molar-refractivity contribution in [3.05, 3.63) is 68.2 Å². The van der Waals surface area contributed by atoms with Gasteiger partial charge in [0.2, 0.25) is 0 Å². The number of nitrogens with zero attached hydrogens (tertiary/aromatic N) is 2. The molecular weight excluding hydrogens is 369 g/mol.